The molecule has 1 heterocycles. The zero-order chi connectivity index (χ0) is 25.7. The summed E-state index contributed by atoms with van der Waals surface area (Å²) in [6.07, 6.45) is 0.665. The maximum atomic E-state index is 13.2. The number of fused-ring (bicyclic) bond motifs is 5. The molecule has 2 aromatic carbocycles. The van der Waals surface area contributed by atoms with E-state index in [-0.39, 0.29) is 45.7 Å². The lowest BCUT2D eigenvalue weighted by atomic mass is 9.80. The van der Waals surface area contributed by atoms with Gasteiger partial charge in [0.25, 0.3) is 5.91 Å². The number of halogens is 3. The van der Waals surface area contributed by atoms with Crippen LogP contribution in [0.3, 0.4) is 0 Å². The summed E-state index contributed by atoms with van der Waals surface area (Å²) in [5.74, 6) is -2.92. The highest BCUT2D eigenvalue weighted by molar-refractivity contribution is 6.32. The second-order valence-electron chi connectivity index (χ2n) is 9.03. The normalized spacial score (nSPS) is 28.3. The van der Waals surface area contributed by atoms with Crippen molar-refractivity contribution in [2.45, 2.75) is 17.2 Å². The van der Waals surface area contributed by atoms with Crippen LogP contribution in [-0.2, 0) is 19.1 Å². The second kappa shape index (κ2) is 9.57. The molecule has 0 radical (unpaired) electrons. The van der Waals surface area contributed by atoms with Gasteiger partial charge in [-0.15, -0.1) is 23.2 Å². The lowest BCUT2D eigenvalue weighted by Gasteiger charge is -2.28. The van der Waals surface area contributed by atoms with E-state index in [1.54, 1.807) is 24.3 Å². The van der Waals surface area contributed by atoms with Gasteiger partial charge in [0.2, 0.25) is 11.8 Å². The molecule has 3 fully saturated rings. The van der Waals surface area contributed by atoms with Gasteiger partial charge in [0.05, 0.1) is 46.6 Å². The number of alkyl halides is 2. The Balaban J connectivity index is 1.26. The van der Waals surface area contributed by atoms with Crippen LogP contribution >= 0.6 is 34.8 Å². The molecule has 3 amide bonds. The Kier molecular flexibility index (Phi) is 6.61. The number of benzene rings is 2. The standard InChI is InChI=1S/C25H21Cl3N2O6/c1-35-17-6-5-12(26)8-16(17)29-18(31)10-36-25(34)11-3-2-4-13(7-11)30-23(32)19-14-9-15(20(19)24(30)33)22(28)21(14)27/h2-8,14-15,19-22H,9-10H2,1H3,(H,29,31)/t14-,15-,19-,20+,21+,22+/m1/s1. The van der Waals surface area contributed by atoms with E-state index in [1.807, 2.05) is 0 Å². The van der Waals surface area contributed by atoms with Gasteiger partial charge >= 0.3 is 5.97 Å². The third kappa shape index (κ3) is 4.11. The third-order valence-corrected chi connectivity index (χ3v) is 8.65. The molecule has 6 atom stereocenters. The van der Waals surface area contributed by atoms with Gasteiger partial charge in [0.1, 0.15) is 5.75 Å². The summed E-state index contributed by atoms with van der Waals surface area (Å²) in [7, 11) is 1.45. The first kappa shape index (κ1) is 24.9. The summed E-state index contributed by atoms with van der Waals surface area (Å²) in [4.78, 5) is 52.5. The first-order valence-corrected chi connectivity index (χ1v) is 12.5. The van der Waals surface area contributed by atoms with Crippen LogP contribution in [0.1, 0.15) is 16.8 Å². The summed E-state index contributed by atoms with van der Waals surface area (Å²) in [5, 5.41) is 2.26. The zero-order valence-electron chi connectivity index (χ0n) is 19.0. The fourth-order valence-electron chi connectivity index (χ4n) is 5.55. The monoisotopic (exact) mass is 550 g/mol. The highest BCUT2D eigenvalue weighted by Crippen LogP contribution is 2.59. The first-order valence-electron chi connectivity index (χ1n) is 11.3. The topological polar surface area (TPSA) is 102 Å². The lowest BCUT2D eigenvalue weighted by Crippen LogP contribution is -2.37. The van der Waals surface area contributed by atoms with E-state index in [0.717, 1.165) is 4.90 Å². The smallest absolute Gasteiger partial charge is 0.338 e. The maximum Gasteiger partial charge on any atom is 0.338 e. The van der Waals surface area contributed by atoms with E-state index in [4.69, 9.17) is 44.3 Å². The number of anilines is 2. The Morgan fingerprint density at radius 1 is 1.03 bits per heavy atom. The molecule has 8 nitrogen and oxygen atoms in total. The minimum absolute atomic E-state index is 0.0895. The van der Waals surface area contributed by atoms with E-state index in [1.165, 1.54) is 25.3 Å². The molecule has 36 heavy (non-hydrogen) atoms. The molecule has 5 rings (SSSR count). The molecule has 1 aliphatic heterocycles. The van der Waals surface area contributed by atoms with Crippen molar-refractivity contribution in [3.05, 3.63) is 53.1 Å². The van der Waals surface area contributed by atoms with Crippen molar-refractivity contribution in [1.29, 1.82) is 0 Å². The van der Waals surface area contributed by atoms with Crippen molar-refractivity contribution in [3.8, 4) is 5.75 Å². The number of amides is 3. The van der Waals surface area contributed by atoms with Crippen molar-refractivity contribution in [2.75, 3.05) is 23.9 Å². The minimum atomic E-state index is -0.786. The molecule has 11 heteroatoms. The van der Waals surface area contributed by atoms with E-state index >= 15 is 0 Å². The zero-order valence-corrected chi connectivity index (χ0v) is 21.2. The molecule has 0 unspecified atom stereocenters. The van der Waals surface area contributed by atoms with Crippen molar-refractivity contribution in [2.24, 2.45) is 23.7 Å². The van der Waals surface area contributed by atoms with Crippen LogP contribution in [0.15, 0.2) is 42.5 Å². The highest BCUT2D eigenvalue weighted by atomic mass is 35.5. The molecule has 0 spiro atoms. The molecule has 188 valence electrons. The second-order valence-corrected chi connectivity index (χ2v) is 10.5. The number of ether oxygens (including phenoxy) is 2. The third-order valence-electron chi connectivity index (χ3n) is 7.10. The Hall–Kier alpha value is -2.81. The van der Waals surface area contributed by atoms with E-state index < -0.39 is 30.3 Å². The van der Waals surface area contributed by atoms with Gasteiger partial charge in [-0.1, -0.05) is 17.7 Å². The van der Waals surface area contributed by atoms with E-state index in [2.05, 4.69) is 5.32 Å². The largest absolute Gasteiger partial charge is 0.495 e. The average molecular weight is 552 g/mol. The lowest BCUT2D eigenvalue weighted by molar-refractivity contribution is -0.123. The van der Waals surface area contributed by atoms with Crippen LogP contribution < -0.4 is 15.0 Å². The quantitative estimate of drug-likeness (QED) is 0.329. The predicted molar refractivity (Wildman–Crippen MR) is 134 cm³/mol. The summed E-state index contributed by atoms with van der Waals surface area (Å²) in [5.41, 5.74) is 0.683. The number of nitrogens with one attached hydrogen (secondary N) is 1. The summed E-state index contributed by atoms with van der Waals surface area (Å²) in [6, 6.07) is 10.7. The number of carbonyl (C=O) groups is 4. The first-order chi connectivity index (χ1) is 17.2. The molecule has 0 aromatic heterocycles. The molecule has 1 saturated heterocycles. The number of imide groups is 1. The number of hydrogen-bond donors (Lipinski definition) is 1. The van der Waals surface area contributed by atoms with Crippen LogP contribution in [0.4, 0.5) is 11.4 Å². The molecule has 2 bridgehead atoms. The molecule has 2 saturated carbocycles. The Morgan fingerprint density at radius 3 is 2.33 bits per heavy atom. The number of esters is 1. The van der Waals surface area contributed by atoms with Gasteiger partial charge in [-0.05, 0) is 54.7 Å². The van der Waals surface area contributed by atoms with Crippen molar-refractivity contribution >= 4 is 69.9 Å². The van der Waals surface area contributed by atoms with Crippen LogP contribution in [-0.4, -0.2) is 48.2 Å². The van der Waals surface area contributed by atoms with Gasteiger partial charge in [-0.2, -0.15) is 0 Å². The fourth-order valence-corrected chi connectivity index (χ4v) is 6.62. The van der Waals surface area contributed by atoms with Crippen LogP contribution in [0.5, 0.6) is 5.75 Å². The van der Waals surface area contributed by atoms with Crippen LogP contribution in [0.2, 0.25) is 5.02 Å². The van der Waals surface area contributed by atoms with Gasteiger partial charge in [0, 0.05) is 5.02 Å². The van der Waals surface area contributed by atoms with Gasteiger partial charge < -0.3 is 14.8 Å². The predicted octanol–water partition coefficient (Wildman–Crippen LogP) is 4.11. The summed E-state index contributed by atoms with van der Waals surface area (Å²) < 4.78 is 10.3. The Bertz CT molecular complexity index is 1240. The fraction of sp³-hybridized carbons (Fsp3) is 0.360. The van der Waals surface area contributed by atoms with Gasteiger partial charge in [-0.25, -0.2) is 4.79 Å². The average Bonchev–Trinajstić information content (AvgIpc) is 3.47. The molecule has 1 N–H and O–H groups in total. The highest BCUT2D eigenvalue weighted by Gasteiger charge is 2.66. The van der Waals surface area contributed by atoms with Crippen molar-refractivity contribution < 1.29 is 28.7 Å². The number of nitrogens with zero attached hydrogens (tertiary/aromatic N) is 1. The van der Waals surface area contributed by atoms with Crippen LogP contribution in [0.25, 0.3) is 0 Å². The summed E-state index contributed by atoms with van der Waals surface area (Å²) >= 11 is 18.8. The van der Waals surface area contributed by atoms with Gasteiger partial charge in [-0.3, -0.25) is 19.3 Å². The molecular weight excluding hydrogens is 531 g/mol. The Labute approximate surface area is 221 Å². The molecule has 2 aromatic rings. The molecular formula is C25H21Cl3N2O6. The summed E-state index contributed by atoms with van der Waals surface area (Å²) in [6.45, 7) is -0.567. The van der Waals surface area contributed by atoms with Crippen LogP contribution in [0, 0.1) is 23.7 Å². The van der Waals surface area contributed by atoms with Crippen molar-refractivity contribution in [3.63, 3.8) is 0 Å². The van der Waals surface area contributed by atoms with E-state index in [9.17, 15) is 19.2 Å². The Morgan fingerprint density at radius 2 is 1.69 bits per heavy atom. The molecule has 3 aliphatic rings. The maximum absolute atomic E-state index is 13.2. The number of carbonyl (C=O) groups excluding carboxylic acids is 4. The number of hydrogen-bond acceptors (Lipinski definition) is 6. The van der Waals surface area contributed by atoms with Crippen molar-refractivity contribution in [1.82, 2.24) is 0 Å². The molecule has 2 aliphatic carbocycles. The SMILES string of the molecule is COc1ccc(Cl)cc1NC(=O)COC(=O)c1cccc(N2C(=O)[C@@H]3[C@H]4C[C@@H]([C@H](Cl)[C@H]4Cl)[C@@H]3C2=O)c1. The number of methoxy groups -OCH3 is 1. The van der Waals surface area contributed by atoms with E-state index in [0.29, 0.717) is 22.9 Å². The number of rotatable bonds is 6. The minimum Gasteiger partial charge on any atom is -0.495 e. The van der Waals surface area contributed by atoms with Gasteiger partial charge in [0.15, 0.2) is 6.61 Å².